The zero-order valence-corrected chi connectivity index (χ0v) is 16.3. The lowest BCUT2D eigenvalue weighted by atomic mass is 10.1. The highest BCUT2D eigenvalue weighted by atomic mass is 32.1. The first kappa shape index (κ1) is 17.0. The highest BCUT2D eigenvalue weighted by Crippen LogP contribution is 2.35. The van der Waals surface area contributed by atoms with Gasteiger partial charge in [-0.25, -0.2) is 9.67 Å². The van der Waals surface area contributed by atoms with Crippen molar-refractivity contribution in [2.45, 2.75) is 32.7 Å². The van der Waals surface area contributed by atoms with Crippen LogP contribution in [0.1, 0.15) is 34.7 Å². The highest BCUT2D eigenvalue weighted by Gasteiger charge is 2.38. The third kappa shape index (κ3) is 2.77. The number of aromatic nitrogens is 5. The molecule has 0 spiro atoms. The van der Waals surface area contributed by atoms with Gasteiger partial charge >= 0.3 is 0 Å². The molecule has 3 heterocycles. The van der Waals surface area contributed by atoms with Gasteiger partial charge in [-0.3, -0.25) is 14.7 Å². The number of pyridine rings is 1. The molecule has 0 aliphatic heterocycles. The van der Waals surface area contributed by atoms with Gasteiger partial charge in [-0.1, -0.05) is 17.3 Å². The smallest absolute Gasteiger partial charge is 0.279 e. The Morgan fingerprint density at radius 1 is 1.25 bits per heavy atom. The summed E-state index contributed by atoms with van der Waals surface area (Å²) in [5.41, 5.74) is 2.88. The lowest BCUT2D eigenvalue weighted by Gasteiger charge is -2.18. The molecule has 8 heteroatoms. The summed E-state index contributed by atoms with van der Waals surface area (Å²) in [4.78, 5) is 23.8. The SMILES string of the molecule is Cc1csc(N(C(=O)c2nnn(-c3cccc4cnccc34)c2C)C2CC2)n1. The molecule has 3 aromatic heterocycles. The molecular formula is C20H18N6OS. The first-order valence-electron chi connectivity index (χ1n) is 9.14. The fourth-order valence-corrected chi connectivity index (χ4v) is 4.22. The minimum atomic E-state index is -0.137. The summed E-state index contributed by atoms with van der Waals surface area (Å²) in [7, 11) is 0. The number of thiazole rings is 1. The predicted molar refractivity (Wildman–Crippen MR) is 108 cm³/mol. The number of fused-ring (bicyclic) bond motifs is 1. The van der Waals surface area contributed by atoms with Gasteiger partial charge in [0, 0.05) is 34.6 Å². The molecule has 1 amide bonds. The molecule has 1 aliphatic carbocycles. The summed E-state index contributed by atoms with van der Waals surface area (Å²) in [6, 6.07) is 8.08. The molecular weight excluding hydrogens is 372 g/mol. The van der Waals surface area contributed by atoms with Gasteiger partial charge in [-0.05, 0) is 38.8 Å². The Bertz CT molecular complexity index is 1190. The molecule has 0 radical (unpaired) electrons. The average molecular weight is 390 g/mol. The zero-order chi connectivity index (χ0) is 19.3. The molecule has 0 unspecified atom stereocenters. The van der Waals surface area contributed by atoms with Crippen LogP contribution in [-0.2, 0) is 0 Å². The van der Waals surface area contributed by atoms with Crippen molar-refractivity contribution < 1.29 is 4.79 Å². The van der Waals surface area contributed by atoms with Crippen LogP contribution in [-0.4, -0.2) is 36.9 Å². The van der Waals surface area contributed by atoms with Crippen LogP contribution in [0, 0.1) is 13.8 Å². The van der Waals surface area contributed by atoms with Crippen LogP contribution in [0.4, 0.5) is 5.13 Å². The van der Waals surface area contributed by atoms with E-state index in [1.165, 1.54) is 11.3 Å². The Morgan fingerprint density at radius 3 is 2.86 bits per heavy atom. The maximum atomic E-state index is 13.3. The molecule has 0 saturated heterocycles. The van der Waals surface area contributed by atoms with Crippen LogP contribution in [0.5, 0.6) is 0 Å². The first-order valence-corrected chi connectivity index (χ1v) is 10.0. The van der Waals surface area contributed by atoms with E-state index in [-0.39, 0.29) is 11.9 Å². The quantitative estimate of drug-likeness (QED) is 0.531. The minimum absolute atomic E-state index is 0.137. The number of anilines is 1. The normalized spacial score (nSPS) is 13.8. The number of benzene rings is 1. The topological polar surface area (TPSA) is 76.8 Å². The fourth-order valence-electron chi connectivity index (χ4n) is 3.35. The number of carbonyl (C=O) groups excluding carboxylic acids is 1. The number of amides is 1. The molecule has 0 N–H and O–H groups in total. The van der Waals surface area contributed by atoms with Crippen molar-refractivity contribution in [1.82, 2.24) is 25.0 Å². The summed E-state index contributed by atoms with van der Waals surface area (Å²) in [5.74, 6) is -0.137. The Hall–Kier alpha value is -3.13. The lowest BCUT2D eigenvalue weighted by molar-refractivity contribution is 0.0979. The van der Waals surface area contributed by atoms with Gasteiger partial charge < -0.3 is 0 Å². The highest BCUT2D eigenvalue weighted by molar-refractivity contribution is 7.14. The molecule has 28 heavy (non-hydrogen) atoms. The molecule has 140 valence electrons. The van der Waals surface area contributed by atoms with Gasteiger partial charge in [0.05, 0.1) is 17.1 Å². The standard InChI is InChI=1S/C20H18N6OS/c1-12-11-28-20(22-12)25(15-6-7-15)19(27)18-13(2)26(24-23-18)17-5-3-4-14-10-21-9-8-16(14)17/h3-5,8-11,15H,6-7H2,1-2H3. The van der Waals surface area contributed by atoms with Crippen molar-refractivity contribution in [3.8, 4) is 5.69 Å². The van der Waals surface area contributed by atoms with Gasteiger partial charge in [0.1, 0.15) is 0 Å². The van der Waals surface area contributed by atoms with Gasteiger partial charge in [-0.2, -0.15) is 0 Å². The number of rotatable bonds is 4. The van der Waals surface area contributed by atoms with Crippen molar-refractivity contribution in [1.29, 1.82) is 0 Å². The van der Waals surface area contributed by atoms with Gasteiger partial charge in [0.25, 0.3) is 5.91 Å². The van der Waals surface area contributed by atoms with E-state index in [1.807, 2.05) is 49.7 Å². The van der Waals surface area contributed by atoms with Crippen LogP contribution in [0.3, 0.4) is 0 Å². The number of hydrogen-bond acceptors (Lipinski definition) is 6. The van der Waals surface area contributed by atoms with Crippen molar-refractivity contribution >= 4 is 33.1 Å². The summed E-state index contributed by atoms with van der Waals surface area (Å²) in [6.07, 6.45) is 5.56. The number of hydrogen-bond donors (Lipinski definition) is 0. The molecule has 1 aromatic carbocycles. The molecule has 1 fully saturated rings. The fraction of sp³-hybridized carbons (Fsp3) is 0.250. The second kappa shape index (κ2) is 6.49. The van der Waals surface area contributed by atoms with Crippen LogP contribution in [0.25, 0.3) is 16.5 Å². The van der Waals surface area contributed by atoms with Crippen molar-refractivity contribution in [3.05, 3.63) is 59.1 Å². The minimum Gasteiger partial charge on any atom is -0.279 e. The molecule has 5 rings (SSSR count). The first-order chi connectivity index (χ1) is 13.6. The maximum Gasteiger partial charge on any atom is 0.282 e. The lowest BCUT2D eigenvalue weighted by Crippen LogP contribution is -2.33. The second-order valence-electron chi connectivity index (χ2n) is 6.99. The van der Waals surface area contributed by atoms with E-state index in [9.17, 15) is 4.79 Å². The Balaban J connectivity index is 1.57. The molecule has 1 aliphatic rings. The van der Waals surface area contributed by atoms with Crippen molar-refractivity contribution in [3.63, 3.8) is 0 Å². The van der Waals surface area contributed by atoms with Crippen molar-refractivity contribution in [2.24, 2.45) is 0 Å². The van der Waals surface area contributed by atoms with E-state index in [0.717, 1.165) is 40.1 Å². The summed E-state index contributed by atoms with van der Waals surface area (Å²) in [6.45, 7) is 3.82. The van der Waals surface area contributed by atoms with Gasteiger partial charge in [-0.15, -0.1) is 16.4 Å². The van der Waals surface area contributed by atoms with Crippen LogP contribution >= 0.6 is 11.3 Å². The monoisotopic (exact) mass is 390 g/mol. The van der Waals surface area contributed by atoms with E-state index in [1.54, 1.807) is 15.8 Å². The van der Waals surface area contributed by atoms with E-state index in [0.29, 0.717) is 11.4 Å². The Morgan fingerprint density at radius 2 is 2.11 bits per heavy atom. The Labute approximate surface area is 165 Å². The van der Waals surface area contributed by atoms with Gasteiger partial charge in [0.2, 0.25) is 0 Å². The predicted octanol–water partition coefficient (Wildman–Crippen LogP) is 3.70. The molecule has 4 aromatic rings. The summed E-state index contributed by atoms with van der Waals surface area (Å²) in [5, 5.41) is 13.3. The molecule has 0 atom stereocenters. The summed E-state index contributed by atoms with van der Waals surface area (Å²) >= 11 is 1.49. The molecule has 7 nitrogen and oxygen atoms in total. The second-order valence-corrected chi connectivity index (χ2v) is 7.82. The Kier molecular flexibility index (Phi) is 3.94. The largest absolute Gasteiger partial charge is 0.282 e. The van der Waals surface area contributed by atoms with Gasteiger partial charge in [0.15, 0.2) is 10.8 Å². The molecule has 1 saturated carbocycles. The third-order valence-electron chi connectivity index (χ3n) is 4.93. The third-order valence-corrected chi connectivity index (χ3v) is 5.88. The van der Waals surface area contributed by atoms with E-state index in [4.69, 9.17) is 0 Å². The maximum absolute atomic E-state index is 13.3. The summed E-state index contributed by atoms with van der Waals surface area (Å²) < 4.78 is 1.73. The van der Waals surface area contributed by atoms with Crippen LogP contribution < -0.4 is 4.90 Å². The van der Waals surface area contributed by atoms with Crippen LogP contribution in [0.2, 0.25) is 0 Å². The van der Waals surface area contributed by atoms with E-state index >= 15 is 0 Å². The molecule has 0 bridgehead atoms. The van der Waals surface area contributed by atoms with E-state index < -0.39 is 0 Å². The van der Waals surface area contributed by atoms with Crippen molar-refractivity contribution in [2.75, 3.05) is 4.90 Å². The number of nitrogens with zero attached hydrogens (tertiary/aromatic N) is 6. The van der Waals surface area contributed by atoms with E-state index in [2.05, 4.69) is 20.3 Å². The number of carbonyl (C=O) groups is 1. The number of aryl methyl sites for hydroxylation is 1. The van der Waals surface area contributed by atoms with Crippen LogP contribution in [0.15, 0.2) is 42.0 Å². The zero-order valence-electron chi connectivity index (χ0n) is 15.5. The average Bonchev–Trinajstić information content (AvgIpc) is 3.33.